The number of para-hydroxylation sites is 1. The lowest BCUT2D eigenvalue weighted by Gasteiger charge is -2.15. The Balaban J connectivity index is 1.72. The van der Waals surface area contributed by atoms with Gasteiger partial charge in [0.2, 0.25) is 0 Å². The molecule has 1 atom stereocenters. The number of fused-ring (bicyclic) bond motifs is 1. The molecular formula is C20H18FNO3S. The first-order chi connectivity index (χ1) is 12.4. The molecule has 0 aliphatic carbocycles. The second-order valence-corrected chi connectivity index (χ2v) is 7.15. The molecule has 1 aromatic heterocycles. The summed E-state index contributed by atoms with van der Waals surface area (Å²) in [5.74, 6) is -1.45. The average Bonchev–Trinajstić information content (AvgIpc) is 3.04. The van der Waals surface area contributed by atoms with Crippen LogP contribution >= 0.6 is 11.3 Å². The maximum atomic E-state index is 13.8. The van der Waals surface area contributed by atoms with Crippen LogP contribution in [-0.4, -0.2) is 18.0 Å². The SMILES string of the molecule is Cc1cccc(C)c1NC(=O)[C@@H](C)OC(=O)c1cc2c(F)cccc2s1. The topological polar surface area (TPSA) is 55.4 Å². The predicted octanol–water partition coefficient (Wildman–Crippen LogP) is 4.84. The molecule has 0 saturated carbocycles. The molecule has 26 heavy (non-hydrogen) atoms. The molecule has 0 fully saturated rings. The van der Waals surface area contributed by atoms with E-state index in [-0.39, 0.29) is 4.88 Å². The van der Waals surface area contributed by atoms with Gasteiger partial charge in [0, 0.05) is 15.8 Å². The van der Waals surface area contributed by atoms with Gasteiger partial charge in [-0.1, -0.05) is 24.3 Å². The van der Waals surface area contributed by atoms with E-state index in [1.165, 1.54) is 19.1 Å². The van der Waals surface area contributed by atoms with Crippen molar-refractivity contribution in [2.75, 3.05) is 5.32 Å². The molecule has 1 N–H and O–H groups in total. The Hall–Kier alpha value is -2.73. The summed E-state index contributed by atoms with van der Waals surface area (Å²) in [4.78, 5) is 24.9. The summed E-state index contributed by atoms with van der Waals surface area (Å²) in [5.41, 5.74) is 2.57. The fourth-order valence-electron chi connectivity index (χ4n) is 2.63. The molecule has 0 unspecified atom stereocenters. The first kappa shape index (κ1) is 18.1. The molecule has 0 spiro atoms. The van der Waals surface area contributed by atoms with E-state index in [1.54, 1.807) is 12.1 Å². The highest BCUT2D eigenvalue weighted by Crippen LogP contribution is 2.28. The Morgan fingerprint density at radius 2 is 1.77 bits per heavy atom. The molecule has 0 radical (unpaired) electrons. The van der Waals surface area contributed by atoms with Gasteiger partial charge in [0.1, 0.15) is 10.7 Å². The van der Waals surface area contributed by atoms with Gasteiger partial charge in [0.25, 0.3) is 5.91 Å². The Labute approximate surface area is 154 Å². The van der Waals surface area contributed by atoms with Crippen molar-refractivity contribution in [2.45, 2.75) is 26.9 Å². The number of carbonyl (C=O) groups excluding carboxylic acids is 2. The number of rotatable bonds is 4. The normalized spacial score (nSPS) is 12.0. The Morgan fingerprint density at radius 1 is 1.12 bits per heavy atom. The zero-order chi connectivity index (χ0) is 18.8. The quantitative estimate of drug-likeness (QED) is 0.668. The molecule has 2 aromatic carbocycles. The van der Waals surface area contributed by atoms with E-state index in [2.05, 4.69) is 5.32 Å². The lowest BCUT2D eigenvalue weighted by molar-refractivity contribution is -0.123. The number of benzene rings is 2. The lowest BCUT2D eigenvalue weighted by atomic mass is 10.1. The third-order valence-corrected chi connectivity index (χ3v) is 5.17. The number of amides is 1. The number of anilines is 1. The largest absolute Gasteiger partial charge is 0.448 e. The molecule has 3 aromatic rings. The third kappa shape index (κ3) is 3.60. The fourth-order valence-corrected chi connectivity index (χ4v) is 3.59. The first-order valence-electron chi connectivity index (χ1n) is 8.13. The van der Waals surface area contributed by atoms with Crippen molar-refractivity contribution < 1.29 is 18.7 Å². The maximum Gasteiger partial charge on any atom is 0.349 e. The predicted molar refractivity (Wildman–Crippen MR) is 101 cm³/mol. The van der Waals surface area contributed by atoms with Gasteiger partial charge in [-0.3, -0.25) is 4.79 Å². The molecular weight excluding hydrogens is 353 g/mol. The highest BCUT2D eigenvalue weighted by atomic mass is 32.1. The van der Waals surface area contributed by atoms with Gasteiger partial charge in [0.05, 0.1) is 0 Å². The van der Waals surface area contributed by atoms with E-state index in [9.17, 15) is 14.0 Å². The molecule has 1 amide bonds. The minimum absolute atomic E-state index is 0.261. The van der Waals surface area contributed by atoms with Crippen molar-refractivity contribution in [3.8, 4) is 0 Å². The number of esters is 1. The second kappa shape index (κ2) is 7.25. The molecule has 0 saturated heterocycles. The minimum Gasteiger partial charge on any atom is -0.448 e. The van der Waals surface area contributed by atoms with Crippen molar-refractivity contribution >= 4 is 39.0 Å². The van der Waals surface area contributed by atoms with Gasteiger partial charge in [-0.25, -0.2) is 9.18 Å². The van der Waals surface area contributed by atoms with Crippen molar-refractivity contribution in [3.63, 3.8) is 0 Å². The Bertz CT molecular complexity index is 976. The van der Waals surface area contributed by atoms with Crippen LogP contribution in [0.5, 0.6) is 0 Å². The number of nitrogens with one attached hydrogen (secondary N) is 1. The number of aryl methyl sites for hydroxylation is 2. The number of hydrogen-bond acceptors (Lipinski definition) is 4. The lowest BCUT2D eigenvalue weighted by Crippen LogP contribution is -2.30. The number of thiophene rings is 1. The van der Waals surface area contributed by atoms with Gasteiger partial charge in [-0.2, -0.15) is 0 Å². The summed E-state index contributed by atoms with van der Waals surface area (Å²) in [7, 11) is 0. The minimum atomic E-state index is -0.975. The average molecular weight is 371 g/mol. The van der Waals surface area contributed by atoms with E-state index in [0.717, 1.165) is 22.5 Å². The summed E-state index contributed by atoms with van der Waals surface area (Å²) in [6.07, 6.45) is -0.975. The standard InChI is InChI=1S/C20H18FNO3S/c1-11-6-4-7-12(2)18(11)22-19(23)13(3)25-20(24)17-10-14-15(21)8-5-9-16(14)26-17/h4-10,13H,1-3H3,(H,22,23)/t13-/m1/s1. The van der Waals surface area contributed by atoms with E-state index in [0.29, 0.717) is 15.8 Å². The van der Waals surface area contributed by atoms with Crippen molar-refractivity contribution in [3.05, 3.63) is 64.3 Å². The number of carbonyl (C=O) groups is 2. The van der Waals surface area contributed by atoms with Crippen LogP contribution in [0.3, 0.4) is 0 Å². The third-order valence-electron chi connectivity index (χ3n) is 4.09. The molecule has 6 heteroatoms. The maximum absolute atomic E-state index is 13.8. The van der Waals surface area contributed by atoms with E-state index in [4.69, 9.17) is 4.74 Å². The van der Waals surface area contributed by atoms with Crippen molar-refractivity contribution in [2.24, 2.45) is 0 Å². The van der Waals surface area contributed by atoms with Crippen LogP contribution < -0.4 is 5.32 Å². The van der Waals surface area contributed by atoms with Crippen LogP contribution in [0.2, 0.25) is 0 Å². The molecule has 1 heterocycles. The number of hydrogen-bond donors (Lipinski definition) is 1. The molecule has 134 valence electrons. The van der Waals surface area contributed by atoms with Crippen LogP contribution in [0.25, 0.3) is 10.1 Å². The zero-order valence-electron chi connectivity index (χ0n) is 14.6. The van der Waals surface area contributed by atoms with Crippen molar-refractivity contribution in [1.29, 1.82) is 0 Å². The van der Waals surface area contributed by atoms with Gasteiger partial charge >= 0.3 is 5.97 Å². The van der Waals surface area contributed by atoms with Crippen LogP contribution in [0.4, 0.5) is 10.1 Å². The van der Waals surface area contributed by atoms with Gasteiger partial charge < -0.3 is 10.1 Å². The van der Waals surface area contributed by atoms with E-state index < -0.39 is 23.8 Å². The highest BCUT2D eigenvalue weighted by molar-refractivity contribution is 7.20. The summed E-state index contributed by atoms with van der Waals surface area (Å²) >= 11 is 1.14. The number of halogens is 1. The molecule has 0 aliphatic heterocycles. The molecule has 0 aliphatic rings. The summed E-state index contributed by atoms with van der Waals surface area (Å²) in [5, 5.41) is 3.17. The Kier molecular flexibility index (Phi) is 5.04. The molecule has 4 nitrogen and oxygen atoms in total. The molecule has 0 bridgehead atoms. The second-order valence-electron chi connectivity index (χ2n) is 6.07. The van der Waals surface area contributed by atoms with Crippen molar-refractivity contribution in [1.82, 2.24) is 0 Å². The van der Waals surface area contributed by atoms with Crippen LogP contribution in [0.15, 0.2) is 42.5 Å². The molecule has 3 rings (SSSR count). The first-order valence-corrected chi connectivity index (χ1v) is 8.94. The van der Waals surface area contributed by atoms with Gasteiger partial charge in [-0.05, 0) is 50.1 Å². The zero-order valence-corrected chi connectivity index (χ0v) is 15.4. The summed E-state index contributed by atoms with van der Waals surface area (Å²) in [6, 6.07) is 11.8. The monoisotopic (exact) mass is 371 g/mol. The Morgan fingerprint density at radius 3 is 2.42 bits per heavy atom. The van der Waals surface area contributed by atoms with E-state index in [1.807, 2.05) is 32.0 Å². The van der Waals surface area contributed by atoms with Gasteiger partial charge in [0.15, 0.2) is 6.10 Å². The van der Waals surface area contributed by atoms with Crippen LogP contribution in [-0.2, 0) is 9.53 Å². The summed E-state index contributed by atoms with van der Waals surface area (Å²) in [6.45, 7) is 5.30. The van der Waals surface area contributed by atoms with Gasteiger partial charge in [-0.15, -0.1) is 11.3 Å². The summed E-state index contributed by atoms with van der Waals surface area (Å²) < 4.78 is 19.7. The fraction of sp³-hybridized carbons (Fsp3) is 0.200. The van der Waals surface area contributed by atoms with Crippen LogP contribution in [0, 0.1) is 19.7 Å². The van der Waals surface area contributed by atoms with Crippen LogP contribution in [0.1, 0.15) is 27.7 Å². The highest BCUT2D eigenvalue weighted by Gasteiger charge is 2.22. The smallest absolute Gasteiger partial charge is 0.349 e. The van der Waals surface area contributed by atoms with E-state index >= 15 is 0 Å². The number of ether oxygens (including phenoxy) is 1.